The SMILES string of the molecule is C[C@H]1Oc2ccccc2O[C@H]1C(=O)NCc1ccccc1OC1CCCC1. The van der Waals surface area contributed by atoms with Crippen molar-refractivity contribution in [2.75, 3.05) is 0 Å². The zero-order valence-electron chi connectivity index (χ0n) is 15.5. The number of hydrogen-bond acceptors (Lipinski definition) is 4. The molecule has 2 aromatic carbocycles. The molecule has 4 rings (SSSR count). The second kappa shape index (κ2) is 7.91. The van der Waals surface area contributed by atoms with Gasteiger partial charge >= 0.3 is 0 Å². The molecule has 0 bridgehead atoms. The summed E-state index contributed by atoms with van der Waals surface area (Å²) in [6.45, 7) is 2.24. The van der Waals surface area contributed by atoms with Gasteiger partial charge in [-0.15, -0.1) is 0 Å². The fourth-order valence-electron chi connectivity index (χ4n) is 3.64. The third-order valence-electron chi connectivity index (χ3n) is 5.12. The average molecular weight is 367 g/mol. The Morgan fingerprint density at radius 1 is 1.04 bits per heavy atom. The summed E-state index contributed by atoms with van der Waals surface area (Å²) >= 11 is 0. The van der Waals surface area contributed by atoms with Gasteiger partial charge in [-0.3, -0.25) is 4.79 Å². The fourth-order valence-corrected chi connectivity index (χ4v) is 3.64. The van der Waals surface area contributed by atoms with Gasteiger partial charge in [0.25, 0.3) is 5.91 Å². The molecule has 1 aliphatic heterocycles. The molecule has 0 saturated heterocycles. The van der Waals surface area contributed by atoms with Crippen LogP contribution >= 0.6 is 0 Å². The maximum Gasteiger partial charge on any atom is 0.265 e. The second-order valence-corrected chi connectivity index (χ2v) is 7.16. The van der Waals surface area contributed by atoms with Crippen LogP contribution in [0.2, 0.25) is 0 Å². The van der Waals surface area contributed by atoms with Crippen molar-refractivity contribution in [2.24, 2.45) is 0 Å². The smallest absolute Gasteiger partial charge is 0.265 e. The highest BCUT2D eigenvalue weighted by Crippen LogP contribution is 2.33. The van der Waals surface area contributed by atoms with E-state index in [2.05, 4.69) is 5.32 Å². The number of carbonyl (C=O) groups is 1. The van der Waals surface area contributed by atoms with Crippen LogP contribution in [0.15, 0.2) is 48.5 Å². The van der Waals surface area contributed by atoms with Crippen molar-refractivity contribution in [3.8, 4) is 17.2 Å². The molecule has 1 N–H and O–H groups in total. The van der Waals surface area contributed by atoms with Gasteiger partial charge in [0.15, 0.2) is 11.5 Å². The lowest BCUT2D eigenvalue weighted by molar-refractivity contribution is -0.133. The molecule has 2 atom stereocenters. The van der Waals surface area contributed by atoms with Crippen molar-refractivity contribution in [3.63, 3.8) is 0 Å². The maximum absolute atomic E-state index is 12.7. The zero-order chi connectivity index (χ0) is 18.6. The van der Waals surface area contributed by atoms with E-state index in [0.717, 1.165) is 24.2 Å². The Kier molecular flexibility index (Phi) is 5.19. The Labute approximate surface area is 159 Å². The molecule has 1 fully saturated rings. The molecule has 1 aliphatic carbocycles. The van der Waals surface area contributed by atoms with Crippen molar-refractivity contribution in [1.29, 1.82) is 0 Å². The summed E-state index contributed by atoms with van der Waals surface area (Å²) < 4.78 is 17.8. The number of ether oxygens (including phenoxy) is 3. The number of amides is 1. The van der Waals surface area contributed by atoms with E-state index in [1.807, 2.05) is 55.5 Å². The van der Waals surface area contributed by atoms with Crippen LogP contribution in [-0.4, -0.2) is 24.2 Å². The quantitative estimate of drug-likeness (QED) is 0.872. The van der Waals surface area contributed by atoms with Gasteiger partial charge in [0.05, 0.1) is 6.10 Å². The zero-order valence-corrected chi connectivity index (χ0v) is 15.5. The first kappa shape index (κ1) is 17.7. The summed E-state index contributed by atoms with van der Waals surface area (Å²) in [5.74, 6) is 1.93. The lowest BCUT2D eigenvalue weighted by Crippen LogP contribution is -2.48. The number of benzene rings is 2. The van der Waals surface area contributed by atoms with E-state index in [1.165, 1.54) is 12.8 Å². The summed E-state index contributed by atoms with van der Waals surface area (Å²) in [4.78, 5) is 12.7. The van der Waals surface area contributed by atoms with Gasteiger partial charge in [0, 0.05) is 12.1 Å². The van der Waals surface area contributed by atoms with E-state index in [9.17, 15) is 4.79 Å². The summed E-state index contributed by atoms with van der Waals surface area (Å²) in [6.07, 6.45) is 3.90. The molecule has 0 spiro atoms. The molecule has 2 aromatic rings. The number of hydrogen-bond donors (Lipinski definition) is 1. The molecule has 27 heavy (non-hydrogen) atoms. The minimum absolute atomic E-state index is 0.187. The molecule has 1 saturated carbocycles. The van der Waals surface area contributed by atoms with Crippen molar-refractivity contribution in [3.05, 3.63) is 54.1 Å². The van der Waals surface area contributed by atoms with E-state index in [-0.39, 0.29) is 18.1 Å². The van der Waals surface area contributed by atoms with Gasteiger partial charge in [-0.2, -0.15) is 0 Å². The van der Waals surface area contributed by atoms with Crippen molar-refractivity contribution >= 4 is 5.91 Å². The number of fused-ring (bicyclic) bond motifs is 1. The first-order valence-corrected chi connectivity index (χ1v) is 9.65. The largest absolute Gasteiger partial charge is 0.490 e. The van der Waals surface area contributed by atoms with E-state index in [1.54, 1.807) is 0 Å². The lowest BCUT2D eigenvalue weighted by atomic mass is 10.1. The van der Waals surface area contributed by atoms with Gasteiger partial charge in [0.2, 0.25) is 6.10 Å². The molecule has 0 aromatic heterocycles. The van der Waals surface area contributed by atoms with E-state index >= 15 is 0 Å². The third kappa shape index (κ3) is 4.02. The van der Waals surface area contributed by atoms with Gasteiger partial charge in [0.1, 0.15) is 11.9 Å². The molecule has 2 aliphatic rings. The Bertz CT molecular complexity index is 800. The highest BCUT2D eigenvalue weighted by molar-refractivity contribution is 5.82. The Morgan fingerprint density at radius 2 is 1.70 bits per heavy atom. The van der Waals surface area contributed by atoms with Crippen LogP contribution in [-0.2, 0) is 11.3 Å². The van der Waals surface area contributed by atoms with E-state index < -0.39 is 6.10 Å². The van der Waals surface area contributed by atoms with Crippen molar-refractivity contribution < 1.29 is 19.0 Å². The standard InChI is InChI=1S/C22H25NO4/c1-15-21(27-20-13-7-6-12-19(20)25-15)22(24)23-14-16-8-2-5-11-18(16)26-17-9-3-4-10-17/h2,5-8,11-13,15,17,21H,3-4,9-10,14H2,1H3,(H,23,24)/t15-,21-/m1/s1. The number of carbonyl (C=O) groups excluding carboxylic acids is 1. The van der Waals surface area contributed by atoms with Crippen LogP contribution in [0.1, 0.15) is 38.2 Å². The Balaban J connectivity index is 1.39. The molecule has 142 valence electrons. The molecule has 5 heteroatoms. The first-order chi connectivity index (χ1) is 13.2. The van der Waals surface area contributed by atoms with Crippen LogP contribution < -0.4 is 19.5 Å². The normalized spacial score (nSPS) is 21.7. The minimum Gasteiger partial charge on any atom is -0.490 e. The summed E-state index contributed by atoms with van der Waals surface area (Å²) in [5, 5.41) is 2.97. The Morgan fingerprint density at radius 3 is 2.48 bits per heavy atom. The monoisotopic (exact) mass is 367 g/mol. The third-order valence-corrected chi connectivity index (χ3v) is 5.12. The minimum atomic E-state index is -0.678. The van der Waals surface area contributed by atoms with Gasteiger partial charge in [-0.25, -0.2) is 0 Å². The average Bonchev–Trinajstić information content (AvgIpc) is 3.19. The highest BCUT2D eigenvalue weighted by Gasteiger charge is 2.34. The topological polar surface area (TPSA) is 56.8 Å². The van der Waals surface area contributed by atoms with Crippen molar-refractivity contribution in [2.45, 2.75) is 57.5 Å². The van der Waals surface area contributed by atoms with E-state index in [4.69, 9.17) is 14.2 Å². The highest BCUT2D eigenvalue weighted by atomic mass is 16.6. The summed E-state index contributed by atoms with van der Waals surface area (Å²) in [5.41, 5.74) is 0.975. The molecular formula is C22H25NO4. The second-order valence-electron chi connectivity index (χ2n) is 7.16. The molecule has 1 amide bonds. The van der Waals surface area contributed by atoms with Crippen LogP contribution in [0.4, 0.5) is 0 Å². The Hall–Kier alpha value is -2.69. The predicted octanol–water partition coefficient (Wildman–Crippen LogP) is 3.85. The van der Waals surface area contributed by atoms with Crippen LogP contribution in [0, 0.1) is 0 Å². The molecule has 0 unspecified atom stereocenters. The molecule has 5 nitrogen and oxygen atoms in total. The predicted molar refractivity (Wildman–Crippen MR) is 102 cm³/mol. The van der Waals surface area contributed by atoms with Gasteiger partial charge in [-0.1, -0.05) is 30.3 Å². The van der Waals surface area contributed by atoms with E-state index in [0.29, 0.717) is 18.0 Å². The summed E-state index contributed by atoms with van der Waals surface area (Å²) in [7, 11) is 0. The summed E-state index contributed by atoms with van der Waals surface area (Å²) in [6, 6.07) is 15.3. The number of para-hydroxylation sites is 3. The molecule has 0 radical (unpaired) electrons. The van der Waals surface area contributed by atoms with Gasteiger partial charge in [-0.05, 0) is 50.8 Å². The fraction of sp³-hybridized carbons (Fsp3) is 0.409. The van der Waals surface area contributed by atoms with Gasteiger partial charge < -0.3 is 19.5 Å². The molecular weight excluding hydrogens is 342 g/mol. The number of rotatable bonds is 5. The first-order valence-electron chi connectivity index (χ1n) is 9.65. The lowest BCUT2D eigenvalue weighted by Gasteiger charge is -2.31. The maximum atomic E-state index is 12.7. The van der Waals surface area contributed by atoms with Crippen LogP contribution in [0.5, 0.6) is 17.2 Å². The van der Waals surface area contributed by atoms with Crippen molar-refractivity contribution in [1.82, 2.24) is 5.32 Å². The van der Waals surface area contributed by atoms with Crippen LogP contribution in [0.25, 0.3) is 0 Å². The molecule has 1 heterocycles. The number of nitrogens with one attached hydrogen (secondary N) is 1. The van der Waals surface area contributed by atoms with Crippen LogP contribution in [0.3, 0.4) is 0 Å².